The molecule has 3 heterocycles. The number of nitrogens with zero attached hydrogens (tertiary/aromatic N) is 1. The Morgan fingerprint density at radius 2 is 0.879 bits per heavy atom. The first-order valence-electron chi connectivity index (χ1n) is 19.6. The maximum atomic E-state index is 6.29. The van der Waals surface area contributed by atoms with Crippen molar-refractivity contribution in [1.82, 2.24) is 0 Å². The fourth-order valence-corrected chi connectivity index (χ4v) is 11.2. The summed E-state index contributed by atoms with van der Waals surface area (Å²) in [6.45, 7) is 0. The average molecular weight is 776 g/mol. The number of fused-ring (bicyclic) bond motifs is 9. The van der Waals surface area contributed by atoms with E-state index in [-0.39, 0.29) is 0 Å². The molecule has 4 heteroatoms. The molecule has 0 aliphatic carbocycles. The van der Waals surface area contributed by atoms with Gasteiger partial charge in [0.25, 0.3) is 0 Å². The minimum absolute atomic E-state index is 0.902. The predicted octanol–water partition coefficient (Wildman–Crippen LogP) is 16.8. The molecule has 0 saturated heterocycles. The van der Waals surface area contributed by atoms with Crippen LogP contribution in [0.5, 0.6) is 0 Å². The van der Waals surface area contributed by atoms with E-state index in [1.54, 1.807) is 0 Å². The van der Waals surface area contributed by atoms with Gasteiger partial charge >= 0.3 is 0 Å². The van der Waals surface area contributed by atoms with Crippen LogP contribution in [-0.4, -0.2) is 0 Å². The first kappa shape index (κ1) is 33.2. The molecule has 58 heavy (non-hydrogen) atoms. The molecule has 0 unspecified atom stereocenters. The van der Waals surface area contributed by atoms with Gasteiger partial charge in [0.15, 0.2) is 0 Å². The van der Waals surface area contributed by atoms with Crippen molar-refractivity contribution in [3.8, 4) is 33.4 Å². The Morgan fingerprint density at radius 3 is 1.62 bits per heavy atom. The SMILES string of the molecule is c1ccc(-c2ccc3c(sc4ccccc43)c2N(c2ccc(-c3cccc4oc5ccccc5c34)cc2)c2ccc(-c3cccc4sc5ccccc5c34)cc2)cc1. The smallest absolute Gasteiger partial charge is 0.136 e. The Labute approximate surface area is 343 Å². The maximum Gasteiger partial charge on any atom is 0.136 e. The van der Waals surface area contributed by atoms with Crippen molar-refractivity contribution in [2.45, 2.75) is 0 Å². The van der Waals surface area contributed by atoms with Crippen LogP contribution in [0.3, 0.4) is 0 Å². The van der Waals surface area contributed by atoms with Gasteiger partial charge in [0, 0.05) is 63.4 Å². The van der Waals surface area contributed by atoms with Crippen LogP contribution in [0.25, 0.3) is 95.7 Å². The topological polar surface area (TPSA) is 16.4 Å². The van der Waals surface area contributed by atoms with Crippen molar-refractivity contribution in [3.63, 3.8) is 0 Å². The van der Waals surface area contributed by atoms with Gasteiger partial charge in [-0.15, -0.1) is 22.7 Å². The lowest BCUT2D eigenvalue weighted by atomic mass is 9.97. The summed E-state index contributed by atoms with van der Waals surface area (Å²) in [4.78, 5) is 2.47. The summed E-state index contributed by atoms with van der Waals surface area (Å²) in [7, 11) is 0. The second-order valence-corrected chi connectivity index (χ2v) is 16.9. The third kappa shape index (κ3) is 5.23. The van der Waals surface area contributed by atoms with Gasteiger partial charge in [-0.1, -0.05) is 146 Å². The first-order chi connectivity index (χ1) is 28.8. The van der Waals surface area contributed by atoms with Gasteiger partial charge in [-0.05, 0) is 82.4 Å². The van der Waals surface area contributed by atoms with E-state index >= 15 is 0 Å². The second-order valence-electron chi connectivity index (χ2n) is 14.8. The monoisotopic (exact) mass is 775 g/mol. The number of hydrogen-bond donors (Lipinski definition) is 0. The van der Waals surface area contributed by atoms with Gasteiger partial charge in [0.1, 0.15) is 11.2 Å². The summed E-state index contributed by atoms with van der Waals surface area (Å²) < 4.78 is 11.5. The number of rotatable bonds is 6. The van der Waals surface area contributed by atoms with Crippen molar-refractivity contribution >= 4 is 102 Å². The lowest BCUT2D eigenvalue weighted by Gasteiger charge is -2.29. The van der Waals surface area contributed by atoms with Crippen LogP contribution in [0, 0.1) is 0 Å². The standard InChI is InChI=1S/C54H33NOS2/c1-2-12-34(13-3-1)41-32-33-43-42-14-5-8-21-48(42)58-54(43)53(41)55(37-28-24-35(25-29-37)39-17-10-20-47-51(39)44-15-4-7-19-46(44)56-47)38-30-26-36(27-31-38)40-18-11-23-50-52(40)45-16-6-9-22-49(45)57-50/h1-33H. The molecular weight excluding hydrogens is 743 g/mol. The number of anilines is 3. The zero-order valence-corrected chi connectivity index (χ0v) is 32.9. The molecule has 0 fully saturated rings. The quantitative estimate of drug-likeness (QED) is 0.167. The number of benzene rings is 9. The normalized spacial score (nSPS) is 11.8. The average Bonchev–Trinajstić information content (AvgIpc) is 3.99. The highest BCUT2D eigenvalue weighted by atomic mass is 32.1. The molecule has 0 aliphatic rings. The molecule has 0 atom stereocenters. The Hall–Kier alpha value is -6.98. The number of hydrogen-bond acceptors (Lipinski definition) is 4. The number of furan rings is 1. The van der Waals surface area contributed by atoms with Crippen molar-refractivity contribution in [1.29, 1.82) is 0 Å². The highest BCUT2D eigenvalue weighted by Crippen LogP contribution is 2.50. The lowest BCUT2D eigenvalue weighted by Crippen LogP contribution is -2.11. The molecule has 0 radical (unpaired) electrons. The third-order valence-corrected chi connectivity index (χ3v) is 13.8. The van der Waals surface area contributed by atoms with Crippen LogP contribution >= 0.6 is 22.7 Å². The van der Waals surface area contributed by atoms with Crippen LogP contribution < -0.4 is 4.90 Å². The van der Waals surface area contributed by atoms with Crippen molar-refractivity contribution < 1.29 is 4.42 Å². The third-order valence-electron chi connectivity index (χ3n) is 11.5. The highest BCUT2D eigenvalue weighted by Gasteiger charge is 2.23. The molecule has 0 bridgehead atoms. The molecule has 0 saturated carbocycles. The van der Waals surface area contributed by atoms with Crippen LogP contribution in [0.4, 0.5) is 17.1 Å². The van der Waals surface area contributed by atoms with Gasteiger partial charge in [-0.2, -0.15) is 0 Å². The lowest BCUT2D eigenvalue weighted by molar-refractivity contribution is 0.669. The minimum Gasteiger partial charge on any atom is -0.456 e. The van der Waals surface area contributed by atoms with Crippen LogP contribution in [0.15, 0.2) is 205 Å². The van der Waals surface area contributed by atoms with Crippen molar-refractivity contribution in [3.05, 3.63) is 200 Å². The van der Waals surface area contributed by atoms with Crippen molar-refractivity contribution in [2.75, 3.05) is 4.90 Å². The molecule has 12 aromatic rings. The first-order valence-corrected chi connectivity index (χ1v) is 21.2. The molecule has 9 aromatic carbocycles. The van der Waals surface area contributed by atoms with E-state index in [0.717, 1.165) is 44.4 Å². The summed E-state index contributed by atoms with van der Waals surface area (Å²) in [5.74, 6) is 0. The van der Waals surface area contributed by atoms with Crippen LogP contribution in [0.1, 0.15) is 0 Å². The van der Waals surface area contributed by atoms with E-state index < -0.39 is 0 Å². The molecule has 272 valence electrons. The fraction of sp³-hybridized carbons (Fsp3) is 0. The Bertz CT molecular complexity index is 3340. The van der Waals surface area contributed by atoms with E-state index in [1.165, 1.54) is 68.3 Å². The van der Waals surface area contributed by atoms with Gasteiger partial charge < -0.3 is 9.32 Å². The summed E-state index contributed by atoms with van der Waals surface area (Å²) in [6.07, 6.45) is 0. The predicted molar refractivity (Wildman–Crippen MR) is 250 cm³/mol. The van der Waals surface area contributed by atoms with Gasteiger partial charge in [0.2, 0.25) is 0 Å². The molecular formula is C54H33NOS2. The fourth-order valence-electron chi connectivity index (χ4n) is 8.87. The van der Waals surface area contributed by atoms with Crippen LogP contribution in [-0.2, 0) is 0 Å². The van der Waals surface area contributed by atoms with E-state index in [9.17, 15) is 0 Å². The molecule has 3 aromatic heterocycles. The van der Waals surface area contributed by atoms with E-state index in [1.807, 2.05) is 34.8 Å². The number of thiophene rings is 2. The van der Waals surface area contributed by atoms with Crippen molar-refractivity contribution in [2.24, 2.45) is 0 Å². The molecule has 0 amide bonds. The second kappa shape index (κ2) is 13.3. The van der Waals surface area contributed by atoms with Gasteiger partial charge in [-0.3, -0.25) is 0 Å². The molecule has 0 N–H and O–H groups in total. The minimum atomic E-state index is 0.902. The zero-order valence-electron chi connectivity index (χ0n) is 31.2. The molecule has 12 rings (SSSR count). The Balaban J connectivity index is 1.08. The van der Waals surface area contributed by atoms with E-state index in [0.29, 0.717) is 0 Å². The molecule has 2 nitrogen and oxygen atoms in total. The van der Waals surface area contributed by atoms with Gasteiger partial charge in [-0.25, -0.2) is 0 Å². The van der Waals surface area contributed by atoms with E-state index in [4.69, 9.17) is 4.42 Å². The Kier molecular flexibility index (Phi) is 7.62. The highest BCUT2D eigenvalue weighted by molar-refractivity contribution is 7.26. The summed E-state index contributed by atoms with van der Waals surface area (Å²) in [5, 5.41) is 7.47. The van der Waals surface area contributed by atoms with E-state index in [2.05, 4.69) is 193 Å². The van der Waals surface area contributed by atoms with Crippen LogP contribution in [0.2, 0.25) is 0 Å². The zero-order chi connectivity index (χ0) is 38.2. The molecule has 0 spiro atoms. The summed E-state index contributed by atoms with van der Waals surface area (Å²) >= 11 is 3.73. The summed E-state index contributed by atoms with van der Waals surface area (Å²) in [6, 6.07) is 72.7. The summed E-state index contributed by atoms with van der Waals surface area (Å²) in [5.41, 5.74) is 12.3. The maximum absolute atomic E-state index is 6.29. The van der Waals surface area contributed by atoms with Gasteiger partial charge in [0.05, 0.1) is 10.4 Å². The Morgan fingerprint density at radius 1 is 0.328 bits per heavy atom. The molecule has 0 aliphatic heterocycles. The number of para-hydroxylation sites is 1. The largest absolute Gasteiger partial charge is 0.456 e.